The normalized spacial score (nSPS) is 11.1. The molecule has 0 heterocycles. The Morgan fingerprint density at radius 2 is 1.58 bits per heavy atom. The van der Waals surface area contributed by atoms with Gasteiger partial charge in [-0.1, -0.05) is 23.2 Å². The van der Waals surface area contributed by atoms with Crippen molar-refractivity contribution in [2.24, 2.45) is 0 Å². The number of amides is 2. The van der Waals surface area contributed by atoms with Gasteiger partial charge in [0.25, 0.3) is 0 Å². The van der Waals surface area contributed by atoms with Crippen molar-refractivity contribution in [3.05, 3.63) is 52.0 Å². The Balaban J connectivity index is 2.04. The van der Waals surface area contributed by atoms with Crippen LogP contribution in [-0.2, 0) is 0 Å². The molecule has 3 N–H and O–H groups in total. The van der Waals surface area contributed by atoms with Crippen molar-refractivity contribution < 1.29 is 4.79 Å². The number of benzene rings is 2. The minimum absolute atomic E-state index is 0.0212. The van der Waals surface area contributed by atoms with Crippen LogP contribution in [0.25, 0.3) is 0 Å². The highest BCUT2D eigenvalue weighted by Gasteiger charge is 2.11. The third kappa shape index (κ3) is 5.32. The first-order valence-corrected chi connectivity index (χ1v) is 8.31. The monoisotopic (exact) mass is 365 g/mol. The summed E-state index contributed by atoms with van der Waals surface area (Å²) >= 11 is 11.8. The molecule has 0 unspecified atom stereocenters. The Morgan fingerprint density at radius 3 is 2.17 bits per heavy atom. The summed E-state index contributed by atoms with van der Waals surface area (Å²) in [6, 6.07) is 10.4. The van der Waals surface area contributed by atoms with Gasteiger partial charge < -0.3 is 16.0 Å². The van der Waals surface area contributed by atoms with E-state index in [1.54, 1.807) is 18.2 Å². The van der Waals surface area contributed by atoms with Gasteiger partial charge in [-0.25, -0.2) is 4.79 Å². The van der Waals surface area contributed by atoms with Crippen LogP contribution >= 0.6 is 23.2 Å². The number of carbonyl (C=O) groups is 1. The maximum Gasteiger partial charge on any atom is 0.323 e. The van der Waals surface area contributed by atoms with E-state index in [4.69, 9.17) is 23.2 Å². The lowest BCUT2D eigenvalue weighted by atomic mass is 10.1. The standard InChI is InChI=1S/C18H21Cl2N3O/c1-11-9-13(23-18(2,3)4)6-8-16(11)22-17(24)21-12-5-7-14(19)15(20)10-12/h5-10,23H,1-4H3,(H2,21,22,24). The van der Waals surface area contributed by atoms with E-state index in [-0.39, 0.29) is 11.6 Å². The molecule has 6 heteroatoms. The van der Waals surface area contributed by atoms with Crippen molar-refractivity contribution in [1.82, 2.24) is 0 Å². The van der Waals surface area contributed by atoms with Gasteiger partial charge in [-0.05, 0) is 69.7 Å². The van der Waals surface area contributed by atoms with Crippen molar-refractivity contribution >= 4 is 46.3 Å². The molecule has 2 rings (SSSR count). The van der Waals surface area contributed by atoms with Crippen molar-refractivity contribution in [3.63, 3.8) is 0 Å². The quantitative estimate of drug-likeness (QED) is 0.610. The summed E-state index contributed by atoms with van der Waals surface area (Å²) < 4.78 is 0. The summed E-state index contributed by atoms with van der Waals surface area (Å²) in [5.41, 5.74) is 3.27. The van der Waals surface area contributed by atoms with E-state index in [0.29, 0.717) is 15.7 Å². The average molecular weight is 366 g/mol. The van der Waals surface area contributed by atoms with E-state index >= 15 is 0 Å². The summed E-state index contributed by atoms with van der Waals surface area (Å²) in [5, 5.41) is 9.79. The highest BCUT2D eigenvalue weighted by molar-refractivity contribution is 6.42. The molecule has 24 heavy (non-hydrogen) atoms. The minimum Gasteiger partial charge on any atom is -0.380 e. The molecule has 0 bridgehead atoms. The Hall–Kier alpha value is -1.91. The van der Waals surface area contributed by atoms with Crippen LogP contribution in [0.15, 0.2) is 36.4 Å². The smallest absolute Gasteiger partial charge is 0.323 e. The fraction of sp³-hybridized carbons (Fsp3) is 0.278. The van der Waals surface area contributed by atoms with Crippen LogP contribution in [0.2, 0.25) is 10.0 Å². The number of urea groups is 1. The first kappa shape index (κ1) is 18.4. The zero-order valence-electron chi connectivity index (χ0n) is 14.1. The molecular formula is C18H21Cl2N3O. The van der Waals surface area contributed by atoms with Crippen LogP contribution in [0, 0.1) is 6.92 Å². The maximum atomic E-state index is 12.1. The molecule has 4 nitrogen and oxygen atoms in total. The van der Waals surface area contributed by atoms with E-state index in [9.17, 15) is 4.79 Å². The summed E-state index contributed by atoms with van der Waals surface area (Å²) in [6.07, 6.45) is 0. The van der Waals surface area contributed by atoms with Crippen LogP contribution in [0.1, 0.15) is 26.3 Å². The maximum absolute atomic E-state index is 12.1. The lowest BCUT2D eigenvalue weighted by molar-refractivity contribution is 0.262. The summed E-state index contributed by atoms with van der Waals surface area (Å²) in [6.45, 7) is 8.24. The van der Waals surface area contributed by atoms with Gasteiger partial charge in [0.2, 0.25) is 0 Å². The number of aryl methyl sites for hydroxylation is 1. The SMILES string of the molecule is Cc1cc(NC(C)(C)C)ccc1NC(=O)Nc1ccc(Cl)c(Cl)c1. The molecule has 128 valence electrons. The molecule has 0 saturated carbocycles. The van der Waals surface area contributed by atoms with Gasteiger partial charge >= 0.3 is 6.03 Å². The molecular weight excluding hydrogens is 345 g/mol. The van der Waals surface area contributed by atoms with Gasteiger partial charge in [-0.2, -0.15) is 0 Å². The molecule has 0 aliphatic rings. The summed E-state index contributed by atoms with van der Waals surface area (Å²) in [5.74, 6) is 0. The second-order valence-corrected chi connectivity index (χ2v) is 7.43. The predicted octanol–water partition coefficient (Wildman–Crippen LogP) is 6.16. The number of halogens is 2. The van der Waals surface area contributed by atoms with Crippen LogP contribution < -0.4 is 16.0 Å². The van der Waals surface area contributed by atoms with E-state index in [2.05, 4.69) is 36.7 Å². The largest absolute Gasteiger partial charge is 0.380 e. The van der Waals surface area contributed by atoms with E-state index in [1.165, 1.54) is 0 Å². The molecule has 0 aromatic heterocycles. The molecule has 0 fully saturated rings. The van der Waals surface area contributed by atoms with Gasteiger partial charge in [-0.3, -0.25) is 0 Å². The molecule has 0 spiro atoms. The van der Waals surface area contributed by atoms with Crippen LogP contribution in [0.3, 0.4) is 0 Å². The second-order valence-electron chi connectivity index (χ2n) is 6.61. The molecule has 0 saturated heterocycles. The summed E-state index contributed by atoms with van der Waals surface area (Å²) in [7, 11) is 0. The van der Waals surface area contributed by atoms with E-state index in [0.717, 1.165) is 16.9 Å². The highest BCUT2D eigenvalue weighted by atomic mass is 35.5. The Morgan fingerprint density at radius 1 is 0.917 bits per heavy atom. The Bertz CT molecular complexity index is 754. The fourth-order valence-corrected chi connectivity index (χ4v) is 2.47. The van der Waals surface area contributed by atoms with Gasteiger partial charge in [0.05, 0.1) is 10.0 Å². The number of hydrogen-bond donors (Lipinski definition) is 3. The first-order valence-electron chi connectivity index (χ1n) is 7.56. The first-order chi connectivity index (χ1) is 11.1. The summed E-state index contributed by atoms with van der Waals surface area (Å²) in [4.78, 5) is 12.1. The van der Waals surface area contributed by atoms with Gasteiger partial charge in [-0.15, -0.1) is 0 Å². The molecule has 0 atom stereocenters. The second kappa shape index (κ2) is 7.32. The van der Waals surface area contributed by atoms with Crippen molar-refractivity contribution in [2.45, 2.75) is 33.2 Å². The van der Waals surface area contributed by atoms with Gasteiger partial charge in [0, 0.05) is 22.6 Å². The number of hydrogen-bond acceptors (Lipinski definition) is 2. The molecule has 0 aliphatic carbocycles. The third-order valence-corrected chi connectivity index (χ3v) is 3.91. The molecule has 0 aliphatic heterocycles. The Labute approximate surface area is 152 Å². The lowest BCUT2D eigenvalue weighted by Crippen LogP contribution is -2.26. The number of anilines is 3. The van der Waals surface area contributed by atoms with Gasteiger partial charge in [0.1, 0.15) is 0 Å². The van der Waals surface area contributed by atoms with E-state index in [1.807, 2.05) is 25.1 Å². The topological polar surface area (TPSA) is 53.2 Å². The molecule has 2 aromatic carbocycles. The number of carbonyl (C=O) groups excluding carboxylic acids is 1. The van der Waals surface area contributed by atoms with Gasteiger partial charge in [0.15, 0.2) is 0 Å². The van der Waals surface area contributed by atoms with Crippen molar-refractivity contribution in [1.29, 1.82) is 0 Å². The lowest BCUT2D eigenvalue weighted by Gasteiger charge is -2.23. The zero-order valence-corrected chi connectivity index (χ0v) is 15.6. The Kier molecular flexibility index (Phi) is 5.62. The van der Waals surface area contributed by atoms with Crippen LogP contribution in [-0.4, -0.2) is 11.6 Å². The molecule has 0 radical (unpaired) electrons. The number of nitrogens with one attached hydrogen (secondary N) is 3. The number of rotatable bonds is 3. The molecule has 2 amide bonds. The van der Waals surface area contributed by atoms with Crippen LogP contribution in [0.5, 0.6) is 0 Å². The average Bonchev–Trinajstić information content (AvgIpc) is 2.44. The zero-order chi connectivity index (χ0) is 17.9. The minimum atomic E-state index is -0.340. The van der Waals surface area contributed by atoms with Crippen molar-refractivity contribution in [3.8, 4) is 0 Å². The van der Waals surface area contributed by atoms with Crippen LogP contribution in [0.4, 0.5) is 21.9 Å². The highest BCUT2D eigenvalue weighted by Crippen LogP contribution is 2.26. The third-order valence-electron chi connectivity index (χ3n) is 3.17. The predicted molar refractivity (Wildman–Crippen MR) is 104 cm³/mol. The van der Waals surface area contributed by atoms with Crippen molar-refractivity contribution in [2.75, 3.05) is 16.0 Å². The fourth-order valence-electron chi connectivity index (χ4n) is 2.17. The molecule has 2 aromatic rings. The van der Waals surface area contributed by atoms with E-state index < -0.39 is 0 Å².